The lowest BCUT2D eigenvalue weighted by Crippen LogP contribution is -2.17. The molecule has 150 valence electrons. The maximum absolute atomic E-state index is 12.8. The van der Waals surface area contributed by atoms with Crippen molar-refractivity contribution in [3.05, 3.63) is 35.8 Å². The molecule has 0 amide bonds. The van der Waals surface area contributed by atoms with Crippen molar-refractivity contribution in [2.45, 2.75) is 12.1 Å². The number of aromatic nitrogens is 3. The number of imidazole rings is 1. The zero-order valence-corrected chi connectivity index (χ0v) is 16.3. The first-order valence-corrected chi connectivity index (χ1v) is 9.74. The molecule has 0 fully saturated rings. The topological polar surface area (TPSA) is 136 Å². The molecule has 0 atom stereocenters. The van der Waals surface area contributed by atoms with Gasteiger partial charge in [-0.1, -0.05) is 0 Å². The van der Waals surface area contributed by atoms with Crippen molar-refractivity contribution in [1.29, 1.82) is 0 Å². The zero-order valence-electron chi connectivity index (χ0n) is 15.5. The Labute approximate surface area is 161 Å². The van der Waals surface area contributed by atoms with Crippen LogP contribution in [0.5, 0.6) is 5.75 Å². The molecule has 10 nitrogen and oxygen atoms in total. The van der Waals surface area contributed by atoms with Gasteiger partial charge in [0.2, 0.25) is 5.16 Å². The number of nitrogens with one attached hydrogen (secondary N) is 2. The van der Waals surface area contributed by atoms with Crippen molar-refractivity contribution in [1.82, 2.24) is 14.5 Å². The van der Waals surface area contributed by atoms with Gasteiger partial charge in [-0.25, -0.2) is 9.78 Å². The van der Waals surface area contributed by atoms with Gasteiger partial charge in [0.15, 0.2) is 0 Å². The first kappa shape index (κ1) is 19.7. The average molecular weight is 408 g/mol. The summed E-state index contributed by atoms with van der Waals surface area (Å²) in [5.41, 5.74) is 0.958. The number of anilines is 1. The van der Waals surface area contributed by atoms with E-state index in [9.17, 15) is 18.3 Å². The van der Waals surface area contributed by atoms with E-state index >= 15 is 0 Å². The van der Waals surface area contributed by atoms with E-state index in [0.717, 1.165) is 0 Å². The van der Waals surface area contributed by atoms with E-state index < -0.39 is 16.0 Å². The molecule has 0 unspecified atom stereocenters. The van der Waals surface area contributed by atoms with Crippen LogP contribution in [0.25, 0.3) is 10.9 Å². The maximum atomic E-state index is 12.8. The summed E-state index contributed by atoms with van der Waals surface area (Å²) in [5.74, 6) is -0.791. The predicted octanol–water partition coefficient (Wildman–Crippen LogP) is 1.73. The number of aromatic carboxylic acids is 1. The Morgan fingerprint density at radius 2 is 2.07 bits per heavy atom. The monoisotopic (exact) mass is 408 g/mol. The summed E-state index contributed by atoms with van der Waals surface area (Å²) in [6.45, 7) is 2.29. The van der Waals surface area contributed by atoms with Crippen LogP contribution in [0.15, 0.2) is 29.6 Å². The second kappa shape index (κ2) is 7.52. The molecule has 1 aromatic carbocycles. The van der Waals surface area contributed by atoms with Gasteiger partial charge in [-0.15, -0.1) is 0 Å². The second-order valence-electron chi connectivity index (χ2n) is 6.15. The highest BCUT2D eigenvalue weighted by molar-refractivity contribution is 7.92. The Balaban J connectivity index is 2.06. The van der Waals surface area contributed by atoms with Gasteiger partial charge < -0.3 is 24.1 Å². The molecule has 3 rings (SSSR count). The largest absolute Gasteiger partial charge is 0.491 e. The Bertz CT molecular complexity index is 1130. The number of hydrogen-bond donors (Lipinski definition) is 3. The van der Waals surface area contributed by atoms with E-state index in [-0.39, 0.29) is 23.1 Å². The van der Waals surface area contributed by atoms with E-state index in [4.69, 9.17) is 9.47 Å². The van der Waals surface area contributed by atoms with Crippen molar-refractivity contribution < 1.29 is 27.8 Å². The fourth-order valence-electron chi connectivity index (χ4n) is 2.77. The number of carboxylic acid groups (broad SMARTS) is 1. The average Bonchev–Trinajstić information content (AvgIpc) is 3.18. The summed E-state index contributed by atoms with van der Waals surface area (Å²) in [6.07, 6.45) is 1.59. The zero-order chi connectivity index (χ0) is 20.5. The Hall–Kier alpha value is -3.05. The molecular formula is C17H20N4O6S. The molecule has 0 bridgehead atoms. The smallest absolute Gasteiger partial charge is 0.352 e. The number of ether oxygens (including phenoxy) is 2. The first-order chi connectivity index (χ1) is 13.2. The molecule has 11 heteroatoms. The number of rotatable bonds is 8. The maximum Gasteiger partial charge on any atom is 0.352 e. The lowest BCUT2D eigenvalue weighted by molar-refractivity contribution is 0.0691. The highest BCUT2D eigenvalue weighted by Crippen LogP contribution is 2.31. The molecule has 2 heterocycles. The fraction of sp³-hybridized carbons (Fsp3) is 0.294. The minimum Gasteiger partial charge on any atom is -0.491 e. The van der Waals surface area contributed by atoms with E-state index in [1.54, 1.807) is 26.2 Å². The first-order valence-electron chi connectivity index (χ1n) is 8.26. The van der Waals surface area contributed by atoms with Crippen molar-refractivity contribution >= 4 is 32.6 Å². The summed E-state index contributed by atoms with van der Waals surface area (Å²) in [5, 5.41) is 9.57. The molecule has 0 aliphatic heterocycles. The fourth-order valence-corrected chi connectivity index (χ4v) is 4.01. The van der Waals surface area contributed by atoms with Crippen LogP contribution in [-0.2, 0) is 21.8 Å². The molecule has 28 heavy (non-hydrogen) atoms. The lowest BCUT2D eigenvalue weighted by atomic mass is 10.2. The van der Waals surface area contributed by atoms with E-state index in [1.807, 2.05) is 0 Å². The normalized spacial score (nSPS) is 11.7. The summed E-state index contributed by atoms with van der Waals surface area (Å²) in [6, 6.07) is 4.51. The minimum atomic E-state index is -4.01. The number of methoxy groups -OCH3 is 1. The number of nitrogens with zero attached hydrogens (tertiary/aromatic N) is 2. The van der Waals surface area contributed by atoms with Crippen LogP contribution in [-0.4, -0.2) is 54.4 Å². The molecule has 0 saturated carbocycles. The highest BCUT2D eigenvalue weighted by Gasteiger charge is 2.23. The number of carboxylic acids is 1. The second-order valence-corrected chi connectivity index (χ2v) is 7.72. The molecular weight excluding hydrogens is 388 g/mol. The summed E-state index contributed by atoms with van der Waals surface area (Å²) >= 11 is 0. The molecule has 0 aliphatic rings. The van der Waals surface area contributed by atoms with Gasteiger partial charge in [0.05, 0.1) is 23.5 Å². The van der Waals surface area contributed by atoms with Crippen molar-refractivity contribution in [3.63, 3.8) is 0 Å². The minimum absolute atomic E-state index is 0.0719. The molecule has 0 aliphatic carbocycles. The molecule has 0 spiro atoms. The highest BCUT2D eigenvalue weighted by atomic mass is 32.2. The predicted molar refractivity (Wildman–Crippen MR) is 101 cm³/mol. The number of hydrogen-bond acceptors (Lipinski definition) is 6. The molecule has 3 aromatic rings. The molecule has 0 radical (unpaired) electrons. The van der Waals surface area contributed by atoms with Crippen molar-refractivity contribution in [3.8, 4) is 5.75 Å². The summed E-state index contributed by atoms with van der Waals surface area (Å²) in [4.78, 5) is 18.1. The van der Waals surface area contributed by atoms with E-state index in [1.165, 1.54) is 23.8 Å². The van der Waals surface area contributed by atoms with Gasteiger partial charge in [-0.3, -0.25) is 4.72 Å². The van der Waals surface area contributed by atoms with Crippen LogP contribution >= 0.6 is 0 Å². The Kier molecular flexibility index (Phi) is 5.29. The third-order valence-electron chi connectivity index (χ3n) is 3.93. The van der Waals surface area contributed by atoms with Crippen molar-refractivity contribution in [2.75, 3.05) is 25.0 Å². The van der Waals surface area contributed by atoms with E-state index in [2.05, 4.69) is 14.7 Å². The quantitative estimate of drug-likeness (QED) is 0.483. The number of aromatic amines is 1. The molecule has 0 saturated heterocycles. The Morgan fingerprint density at radius 1 is 1.32 bits per heavy atom. The van der Waals surface area contributed by atoms with Gasteiger partial charge in [-0.2, -0.15) is 8.42 Å². The van der Waals surface area contributed by atoms with Gasteiger partial charge in [0, 0.05) is 31.8 Å². The number of benzene rings is 1. The van der Waals surface area contributed by atoms with Gasteiger partial charge >= 0.3 is 5.97 Å². The standard InChI is InChI=1S/C17H20N4O6S/c1-10-9-21(2)17(18-10)28(24,25)20-13-8-12(27-5-4-26-3)6-11-7-14(16(22)23)19-15(11)13/h6-9,19-20H,4-5H2,1-3H3,(H,22,23). The molecule has 3 N–H and O–H groups in total. The van der Waals surface area contributed by atoms with Crippen molar-refractivity contribution in [2.24, 2.45) is 7.05 Å². The number of sulfonamides is 1. The number of H-pyrrole nitrogens is 1. The summed E-state index contributed by atoms with van der Waals surface area (Å²) in [7, 11) is -0.904. The molecule has 2 aromatic heterocycles. The number of aryl methyl sites for hydroxylation is 2. The van der Waals surface area contributed by atoms with Crippen LogP contribution in [0.3, 0.4) is 0 Å². The van der Waals surface area contributed by atoms with Gasteiger partial charge in [0.25, 0.3) is 10.0 Å². The van der Waals surface area contributed by atoms with Gasteiger partial charge in [-0.05, 0) is 19.1 Å². The van der Waals surface area contributed by atoms with Gasteiger partial charge in [0.1, 0.15) is 18.1 Å². The number of carbonyl (C=O) groups is 1. The van der Waals surface area contributed by atoms with E-state index in [0.29, 0.717) is 29.0 Å². The van der Waals surface area contributed by atoms with Crippen LogP contribution in [0.2, 0.25) is 0 Å². The third kappa shape index (κ3) is 3.94. The van der Waals surface area contributed by atoms with Crippen LogP contribution in [0.1, 0.15) is 16.2 Å². The Morgan fingerprint density at radius 3 is 2.68 bits per heavy atom. The van der Waals surface area contributed by atoms with Crippen LogP contribution in [0, 0.1) is 6.92 Å². The SMILES string of the molecule is COCCOc1cc(NS(=O)(=O)c2nc(C)cn2C)c2[nH]c(C(=O)O)cc2c1. The lowest BCUT2D eigenvalue weighted by Gasteiger charge is -2.12. The van der Waals surface area contributed by atoms with Crippen LogP contribution < -0.4 is 9.46 Å². The third-order valence-corrected chi connectivity index (χ3v) is 5.28. The summed E-state index contributed by atoms with van der Waals surface area (Å²) < 4.78 is 40.0. The number of fused-ring (bicyclic) bond motifs is 1. The van der Waals surface area contributed by atoms with Crippen LogP contribution in [0.4, 0.5) is 5.69 Å².